The highest BCUT2D eigenvalue weighted by atomic mass is 16.4. The topological polar surface area (TPSA) is 82.2 Å². The zero-order valence-electron chi connectivity index (χ0n) is 6.76. The van der Waals surface area contributed by atoms with Crippen molar-refractivity contribution in [3.8, 4) is 0 Å². The molecule has 0 aromatic carbocycles. The van der Waals surface area contributed by atoms with Gasteiger partial charge in [-0.1, -0.05) is 0 Å². The lowest BCUT2D eigenvalue weighted by Crippen LogP contribution is -2.12. The van der Waals surface area contributed by atoms with Crippen LogP contribution < -0.4 is 10.9 Å². The zero-order valence-corrected chi connectivity index (χ0v) is 6.76. The van der Waals surface area contributed by atoms with Crippen LogP contribution in [0.2, 0.25) is 0 Å². The number of aromatic nitrogens is 1. The fourth-order valence-corrected chi connectivity index (χ4v) is 1.48. The summed E-state index contributed by atoms with van der Waals surface area (Å²) in [6, 6.07) is 1.10. The zero-order chi connectivity index (χ0) is 9.42. The average molecular weight is 180 g/mol. The molecule has 0 amide bonds. The number of H-pyrrole nitrogens is 1. The maximum atomic E-state index is 11.0. The standard InChI is InChI=1S/C8H8N2O3/c11-6-3-4(8(12)13)7-5(10-6)1-2-9-7/h3,9H,1-2H2,(H,10,11)(H,12,13). The average Bonchev–Trinajstić information content (AvgIpc) is 2.49. The van der Waals surface area contributed by atoms with Gasteiger partial charge in [-0.15, -0.1) is 0 Å². The molecule has 0 bridgehead atoms. The van der Waals surface area contributed by atoms with Gasteiger partial charge in [0, 0.05) is 24.7 Å². The van der Waals surface area contributed by atoms with E-state index in [1.165, 1.54) is 0 Å². The van der Waals surface area contributed by atoms with Crippen molar-refractivity contribution in [2.75, 3.05) is 11.9 Å². The summed E-state index contributed by atoms with van der Waals surface area (Å²) in [7, 11) is 0. The molecule has 0 atom stereocenters. The van der Waals surface area contributed by atoms with Crippen LogP contribution in [0.3, 0.4) is 0 Å². The molecule has 1 aliphatic heterocycles. The number of hydrogen-bond donors (Lipinski definition) is 3. The number of nitrogens with one attached hydrogen (secondary N) is 2. The van der Waals surface area contributed by atoms with Crippen molar-refractivity contribution in [2.45, 2.75) is 6.42 Å². The lowest BCUT2D eigenvalue weighted by Gasteiger charge is -2.02. The first kappa shape index (κ1) is 7.85. The number of carbonyl (C=O) groups is 1. The van der Waals surface area contributed by atoms with E-state index in [2.05, 4.69) is 10.3 Å². The van der Waals surface area contributed by atoms with Crippen molar-refractivity contribution in [2.24, 2.45) is 0 Å². The van der Waals surface area contributed by atoms with Gasteiger partial charge in [0.1, 0.15) is 0 Å². The van der Waals surface area contributed by atoms with Gasteiger partial charge in [0.25, 0.3) is 0 Å². The van der Waals surface area contributed by atoms with Crippen molar-refractivity contribution in [1.29, 1.82) is 0 Å². The molecular formula is C8H8N2O3. The van der Waals surface area contributed by atoms with E-state index in [4.69, 9.17) is 5.11 Å². The molecule has 0 saturated heterocycles. The van der Waals surface area contributed by atoms with Gasteiger partial charge >= 0.3 is 5.97 Å². The second kappa shape index (κ2) is 2.62. The Morgan fingerprint density at radius 1 is 1.54 bits per heavy atom. The number of aromatic amines is 1. The molecule has 2 rings (SSSR count). The molecule has 13 heavy (non-hydrogen) atoms. The molecule has 1 aromatic heterocycles. The van der Waals surface area contributed by atoms with Crippen molar-refractivity contribution < 1.29 is 9.90 Å². The molecule has 5 heteroatoms. The molecule has 1 aliphatic rings. The van der Waals surface area contributed by atoms with E-state index in [0.717, 1.165) is 6.07 Å². The van der Waals surface area contributed by atoms with Gasteiger partial charge in [-0.2, -0.15) is 0 Å². The van der Waals surface area contributed by atoms with Gasteiger partial charge in [0.05, 0.1) is 11.3 Å². The van der Waals surface area contributed by atoms with E-state index >= 15 is 0 Å². The first-order chi connectivity index (χ1) is 6.18. The number of fused-ring (bicyclic) bond motifs is 1. The van der Waals surface area contributed by atoms with Crippen LogP contribution in [0, 0.1) is 0 Å². The van der Waals surface area contributed by atoms with Crippen molar-refractivity contribution in [1.82, 2.24) is 4.98 Å². The minimum atomic E-state index is -1.07. The molecule has 0 fully saturated rings. The molecule has 0 saturated carbocycles. The van der Waals surface area contributed by atoms with Crippen molar-refractivity contribution in [3.05, 3.63) is 27.7 Å². The Bertz CT molecular complexity index is 422. The van der Waals surface area contributed by atoms with E-state index in [-0.39, 0.29) is 11.1 Å². The minimum absolute atomic E-state index is 0.0521. The summed E-state index contributed by atoms with van der Waals surface area (Å²) in [6.45, 7) is 0.676. The minimum Gasteiger partial charge on any atom is -0.478 e. The van der Waals surface area contributed by atoms with Crippen LogP contribution in [0.25, 0.3) is 0 Å². The van der Waals surface area contributed by atoms with E-state index in [1.807, 2.05) is 0 Å². The number of carboxylic acids is 1. The largest absolute Gasteiger partial charge is 0.478 e. The second-order valence-electron chi connectivity index (χ2n) is 2.88. The Kier molecular flexibility index (Phi) is 1.58. The normalized spacial score (nSPS) is 13.5. The van der Waals surface area contributed by atoms with Crippen molar-refractivity contribution >= 4 is 11.7 Å². The van der Waals surface area contributed by atoms with Gasteiger partial charge in [-0.25, -0.2) is 4.79 Å². The Morgan fingerprint density at radius 2 is 2.31 bits per heavy atom. The highest BCUT2D eigenvalue weighted by Crippen LogP contribution is 2.22. The van der Waals surface area contributed by atoms with Crippen LogP contribution in [0.15, 0.2) is 10.9 Å². The highest BCUT2D eigenvalue weighted by Gasteiger charge is 2.19. The van der Waals surface area contributed by atoms with Gasteiger partial charge in [0.15, 0.2) is 0 Å². The predicted octanol–water partition coefficient (Wildman–Crippen LogP) is 0.0411. The molecule has 0 spiro atoms. The van der Waals surface area contributed by atoms with Gasteiger partial charge in [-0.05, 0) is 0 Å². The van der Waals surface area contributed by atoms with Gasteiger partial charge in [-0.3, -0.25) is 4.79 Å². The number of rotatable bonds is 1. The summed E-state index contributed by atoms with van der Waals surface area (Å²) in [5, 5.41) is 11.7. The molecule has 3 N–H and O–H groups in total. The molecule has 0 unspecified atom stereocenters. The van der Waals surface area contributed by atoms with Crippen LogP contribution in [0.1, 0.15) is 16.1 Å². The summed E-state index contributed by atoms with van der Waals surface area (Å²) in [4.78, 5) is 24.3. The smallest absolute Gasteiger partial charge is 0.338 e. The van der Waals surface area contributed by atoms with E-state index < -0.39 is 5.97 Å². The predicted molar refractivity (Wildman–Crippen MR) is 46.2 cm³/mol. The highest BCUT2D eigenvalue weighted by molar-refractivity contribution is 5.95. The third kappa shape index (κ3) is 1.18. The van der Waals surface area contributed by atoms with Gasteiger partial charge < -0.3 is 15.4 Å². The molecule has 1 aromatic rings. The monoisotopic (exact) mass is 180 g/mol. The summed E-state index contributed by atoms with van der Waals surface area (Å²) in [6.07, 6.45) is 0.672. The van der Waals surface area contributed by atoms with E-state index in [0.29, 0.717) is 24.3 Å². The SMILES string of the molecule is O=C(O)c1cc(=O)[nH]c2c1NCC2. The molecule has 5 nitrogen and oxygen atoms in total. The summed E-state index contributed by atoms with van der Waals surface area (Å²) in [5.41, 5.74) is 0.924. The summed E-state index contributed by atoms with van der Waals surface area (Å²) in [5.74, 6) is -1.07. The fourth-order valence-electron chi connectivity index (χ4n) is 1.48. The van der Waals surface area contributed by atoms with E-state index in [1.54, 1.807) is 0 Å². The number of anilines is 1. The molecule has 0 aliphatic carbocycles. The Morgan fingerprint density at radius 3 is 3.00 bits per heavy atom. The number of carboxylic acid groups (broad SMARTS) is 1. The molecular weight excluding hydrogens is 172 g/mol. The Hall–Kier alpha value is -1.78. The Labute approximate surface area is 73.4 Å². The van der Waals surface area contributed by atoms with Gasteiger partial charge in [0.2, 0.25) is 5.56 Å². The maximum absolute atomic E-state index is 11.0. The Balaban J connectivity index is 2.69. The van der Waals surface area contributed by atoms with Crippen molar-refractivity contribution in [3.63, 3.8) is 0 Å². The second-order valence-corrected chi connectivity index (χ2v) is 2.88. The van der Waals surface area contributed by atoms with E-state index in [9.17, 15) is 9.59 Å². The first-order valence-corrected chi connectivity index (χ1v) is 3.92. The van der Waals surface area contributed by atoms with Crippen LogP contribution in [0.4, 0.5) is 5.69 Å². The molecule has 0 radical (unpaired) electrons. The first-order valence-electron chi connectivity index (χ1n) is 3.92. The number of aromatic carboxylic acids is 1. The number of hydrogen-bond acceptors (Lipinski definition) is 3. The van der Waals surface area contributed by atoms with Crippen LogP contribution in [-0.2, 0) is 6.42 Å². The third-order valence-electron chi connectivity index (χ3n) is 2.03. The van der Waals surface area contributed by atoms with Crippen LogP contribution in [-0.4, -0.2) is 22.6 Å². The molecule has 2 heterocycles. The molecule has 68 valence electrons. The maximum Gasteiger partial charge on any atom is 0.338 e. The summed E-state index contributed by atoms with van der Waals surface area (Å²) < 4.78 is 0. The summed E-state index contributed by atoms with van der Waals surface area (Å²) >= 11 is 0. The van der Waals surface area contributed by atoms with Crippen LogP contribution in [0.5, 0.6) is 0 Å². The third-order valence-corrected chi connectivity index (χ3v) is 2.03. The lowest BCUT2D eigenvalue weighted by molar-refractivity contribution is 0.0697. The van der Waals surface area contributed by atoms with Crippen LogP contribution >= 0.6 is 0 Å². The lowest BCUT2D eigenvalue weighted by atomic mass is 10.2. The number of pyridine rings is 1. The quantitative estimate of drug-likeness (QED) is 0.570. The fraction of sp³-hybridized carbons (Fsp3) is 0.250.